The van der Waals surface area contributed by atoms with E-state index in [9.17, 15) is 4.79 Å². The number of hydrogen-bond donors (Lipinski definition) is 1. The number of benzene rings is 2. The maximum atomic E-state index is 12.0. The van der Waals surface area contributed by atoms with Crippen LogP contribution in [0.4, 0.5) is 5.69 Å². The van der Waals surface area contributed by atoms with E-state index in [1.54, 1.807) is 32.4 Å². The van der Waals surface area contributed by atoms with Gasteiger partial charge in [0.2, 0.25) is 5.91 Å². The van der Waals surface area contributed by atoms with Crippen LogP contribution in [-0.4, -0.2) is 20.1 Å². The van der Waals surface area contributed by atoms with Crippen molar-refractivity contribution >= 4 is 40.4 Å². The number of ether oxygens (including phenoxy) is 1. The molecule has 2 aromatic carbocycles. The van der Waals surface area contributed by atoms with E-state index in [0.717, 1.165) is 29.5 Å². The summed E-state index contributed by atoms with van der Waals surface area (Å²) in [6, 6.07) is 12.8. The highest BCUT2D eigenvalue weighted by molar-refractivity contribution is 6.33. The summed E-state index contributed by atoms with van der Waals surface area (Å²) in [7, 11) is 3.25. The van der Waals surface area contributed by atoms with E-state index in [0.29, 0.717) is 22.2 Å². The summed E-state index contributed by atoms with van der Waals surface area (Å²) >= 11 is 12.4. The standard InChI is InChI=1S/C19H19Cl2NO.C2H6O/c1-3-4-9-19(23)22-18-11-10-14(20)12-16(18)13(2)15-7-5-6-8-17(15)21;1-3-2/h5-8,10-12H,2-4,9H2,1H3,(H,22,23);1-2H3. The van der Waals surface area contributed by atoms with Gasteiger partial charge in [-0.25, -0.2) is 0 Å². The molecule has 1 N–H and O–H groups in total. The van der Waals surface area contributed by atoms with E-state index in [2.05, 4.69) is 23.6 Å². The van der Waals surface area contributed by atoms with Crippen molar-refractivity contribution in [2.24, 2.45) is 0 Å². The number of methoxy groups -OCH3 is 1. The molecule has 140 valence electrons. The van der Waals surface area contributed by atoms with Gasteiger partial charge in [-0.2, -0.15) is 0 Å². The van der Waals surface area contributed by atoms with Gasteiger partial charge in [-0.3, -0.25) is 4.79 Å². The Morgan fingerprint density at radius 2 is 1.77 bits per heavy atom. The molecule has 0 saturated heterocycles. The second kappa shape index (κ2) is 11.7. The lowest BCUT2D eigenvalue weighted by Gasteiger charge is -2.15. The van der Waals surface area contributed by atoms with Gasteiger partial charge in [0.25, 0.3) is 0 Å². The molecule has 26 heavy (non-hydrogen) atoms. The normalized spacial score (nSPS) is 9.88. The van der Waals surface area contributed by atoms with Crippen molar-refractivity contribution in [3.63, 3.8) is 0 Å². The van der Waals surface area contributed by atoms with Gasteiger partial charge in [0, 0.05) is 47.5 Å². The lowest BCUT2D eigenvalue weighted by molar-refractivity contribution is -0.116. The zero-order chi connectivity index (χ0) is 19.5. The van der Waals surface area contributed by atoms with Crippen molar-refractivity contribution in [3.8, 4) is 0 Å². The van der Waals surface area contributed by atoms with Crippen molar-refractivity contribution in [3.05, 3.63) is 70.2 Å². The minimum absolute atomic E-state index is 0.0117. The van der Waals surface area contributed by atoms with Gasteiger partial charge in [-0.1, -0.05) is 61.3 Å². The predicted octanol–water partition coefficient (Wildman–Crippen LogP) is 6.45. The third-order valence-corrected chi connectivity index (χ3v) is 4.10. The van der Waals surface area contributed by atoms with Gasteiger partial charge < -0.3 is 10.1 Å². The highest BCUT2D eigenvalue weighted by atomic mass is 35.5. The van der Waals surface area contributed by atoms with Crippen LogP contribution in [0.15, 0.2) is 49.0 Å². The number of halogens is 2. The third kappa shape index (κ3) is 6.83. The summed E-state index contributed by atoms with van der Waals surface area (Å²) in [6.45, 7) is 6.19. The molecule has 0 heterocycles. The topological polar surface area (TPSA) is 38.3 Å². The molecule has 0 radical (unpaired) electrons. The first-order valence-electron chi connectivity index (χ1n) is 8.38. The minimum atomic E-state index is -0.0117. The summed E-state index contributed by atoms with van der Waals surface area (Å²) in [4.78, 5) is 12.0. The van der Waals surface area contributed by atoms with Crippen LogP contribution in [0.25, 0.3) is 5.57 Å². The Morgan fingerprint density at radius 1 is 1.12 bits per heavy atom. The summed E-state index contributed by atoms with van der Waals surface area (Å²) in [5.41, 5.74) is 3.01. The molecule has 0 saturated carbocycles. The van der Waals surface area contributed by atoms with Crippen LogP contribution in [0.2, 0.25) is 10.0 Å². The van der Waals surface area contributed by atoms with Gasteiger partial charge in [0.1, 0.15) is 0 Å². The second-order valence-corrected chi connectivity index (χ2v) is 6.55. The van der Waals surface area contributed by atoms with Gasteiger partial charge in [-0.15, -0.1) is 0 Å². The largest absolute Gasteiger partial charge is 0.388 e. The predicted molar refractivity (Wildman–Crippen MR) is 112 cm³/mol. The zero-order valence-corrected chi connectivity index (χ0v) is 17.0. The third-order valence-electron chi connectivity index (χ3n) is 3.54. The van der Waals surface area contributed by atoms with Crippen LogP contribution in [0.3, 0.4) is 0 Å². The molecule has 0 spiro atoms. The quantitative estimate of drug-likeness (QED) is 0.612. The Morgan fingerprint density at radius 3 is 2.38 bits per heavy atom. The average molecular weight is 394 g/mol. The molecule has 2 aromatic rings. The lowest BCUT2D eigenvalue weighted by atomic mass is 9.98. The molecular formula is C21H25Cl2NO2. The first kappa shape index (κ1) is 22.2. The highest BCUT2D eigenvalue weighted by Crippen LogP contribution is 2.33. The molecule has 5 heteroatoms. The number of carbonyl (C=O) groups is 1. The van der Waals surface area contributed by atoms with Gasteiger partial charge >= 0.3 is 0 Å². The first-order valence-corrected chi connectivity index (χ1v) is 9.13. The number of rotatable bonds is 6. The molecule has 0 atom stereocenters. The zero-order valence-electron chi connectivity index (χ0n) is 15.4. The van der Waals surface area contributed by atoms with Crippen LogP contribution < -0.4 is 5.32 Å². The number of amides is 1. The second-order valence-electron chi connectivity index (χ2n) is 5.71. The summed E-state index contributed by atoms with van der Waals surface area (Å²) in [5.74, 6) is -0.0117. The SMILES string of the molecule is C=C(c1ccccc1Cl)c1cc(Cl)ccc1NC(=O)CCCC.COC. The molecule has 0 aliphatic heterocycles. The fourth-order valence-corrected chi connectivity index (χ4v) is 2.70. The monoisotopic (exact) mass is 393 g/mol. The molecular weight excluding hydrogens is 369 g/mol. The highest BCUT2D eigenvalue weighted by Gasteiger charge is 2.13. The van der Waals surface area contributed by atoms with Crippen molar-refractivity contribution in [2.45, 2.75) is 26.2 Å². The van der Waals surface area contributed by atoms with E-state index in [1.807, 2.05) is 24.3 Å². The van der Waals surface area contributed by atoms with Crippen LogP contribution in [0, 0.1) is 0 Å². The minimum Gasteiger partial charge on any atom is -0.388 e. The van der Waals surface area contributed by atoms with E-state index < -0.39 is 0 Å². The Bertz CT molecular complexity index is 745. The number of nitrogens with one attached hydrogen (secondary N) is 1. The average Bonchev–Trinajstić information content (AvgIpc) is 2.62. The van der Waals surface area contributed by atoms with Gasteiger partial charge in [-0.05, 0) is 36.3 Å². The summed E-state index contributed by atoms with van der Waals surface area (Å²) in [5, 5.41) is 4.14. The number of carbonyl (C=O) groups excluding carboxylic acids is 1. The van der Waals surface area contributed by atoms with Crippen molar-refractivity contribution < 1.29 is 9.53 Å². The summed E-state index contributed by atoms with van der Waals surface area (Å²) in [6.07, 6.45) is 2.34. The summed E-state index contributed by atoms with van der Waals surface area (Å²) < 4.78 is 4.25. The van der Waals surface area contributed by atoms with E-state index in [1.165, 1.54) is 0 Å². The fraction of sp³-hybridized carbons (Fsp3) is 0.286. The van der Waals surface area contributed by atoms with Crippen LogP contribution in [0.1, 0.15) is 37.3 Å². The van der Waals surface area contributed by atoms with E-state index in [4.69, 9.17) is 23.2 Å². The Kier molecular flexibility index (Phi) is 10.0. The lowest BCUT2D eigenvalue weighted by Crippen LogP contribution is -2.12. The van der Waals surface area contributed by atoms with Crippen LogP contribution >= 0.6 is 23.2 Å². The number of anilines is 1. The van der Waals surface area contributed by atoms with Crippen LogP contribution in [-0.2, 0) is 9.53 Å². The maximum Gasteiger partial charge on any atom is 0.224 e. The van der Waals surface area contributed by atoms with Gasteiger partial charge in [0.15, 0.2) is 0 Å². The number of unbranched alkanes of at least 4 members (excludes halogenated alkanes) is 1. The Balaban J connectivity index is 0.00000105. The van der Waals surface area contributed by atoms with Crippen LogP contribution in [0.5, 0.6) is 0 Å². The molecule has 0 bridgehead atoms. The molecule has 0 unspecified atom stereocenters. The Hall–Kier alpha value is -1.81. The molecule has 1 amide bonds. The van der Waals surface area contributed by atoms with E-state index >= 15 is 0 Å². The Labute approximate surface area is 166 Å². The molecule has 2 rings (SSSR count). The fourth-order valence-electron chi connectivity index (χ4n) is 2.28. The van der Waals surface area contributed by atoms with Crippen molar-refractivity contribution in [1.82, 2.24) is 0 Å². The molecule has 0 aliphatic carbocycles. The molecule has 0 aromatic heterocycles. The first-order chi connectivity index (χ1) is 12.4. The smallest absolute Gasteiger partial charge is 0.224 e. The van der Waals surface area contributed by atoms with Crippen molar-refractivity contribution in [2.75, 3.05) is 19.5 Å². The molecule has 0 fully saturated rings. The van der Waals surface area contributed by atoms with E-state index in [-0.39, 0.29) is 5.91 Å². The number of hydrogen-bond acceptors (Lipinski definition) is 2. The molecule has 3 nitrogen and oxygen atoms in total. The molecule has 0 aliphatic rings. The van der Waals surface area contributed by atoms with Gasteiger partial charge in [0.05, 0.1) is 0 Å². The van der Waals surface area contributed by atoms with Crippen molar-refractivity contribution in [1.29, 1.82) is 0 Å². The maximum absolute atomic E-state index is 12.0.